The van der Waals surface area contributed by atoms with Crippen LogP contribution in [0.2, 0.25) is 5.02 Å². The van der Waals surface area contributed by atoms with E-state index in [2.05, 4.69) is 10.3 Å². The molecule has 0 aliphatic heterocycles. The van der Waals surface area contributed by atoms with Crippen LogP contribution < -0.4 is 11.1 Å². The lowest BCUT2D eigenvalue weighted by Gasteiger charge is -2.06. The Bertz CT molecular complexity index is 832. The largest absolute Gasteiger partial charge is 0.375 e. The summed E-state index contributed by atoms with van der Waals surface area (Å²) in [5.74, 6) is -0.737. The second-order valence-corrected chi connectivity index (χ2v) is 5.79. The van der Waals surface area contributed by atoms with E-state index in [1.54, 1.807) is 12.1 Å². The quantitative estimate of drug-likeness (QED) is 0.751. The third-order valence-corrected chi connectivity index (χ3v) is 3.95. The summed E-state index contributed by atoms with van der Waals surface area (Å²) < 4.78 is 13.6. The fourth-order valence-electron chi connectivity index (χ4n) is 1.88. The van der Waals surface area contributed by atoms with E-state index >= 15 is 0 Å². The van der Waals surface area contributed by atoms with Gasteiger partial charge in [-0.3, -0.25) is 4.79 Å². The van der Waals surface area contributed by atoms with Gasteiger partial charge in [0.25, 0.3) is 5.91 Å². The minimum Gasteiger partial charge on any atom is -0.375 e. The molecule has 0 atom stereocenters. The van der Waals surface area contributed by atoms with Gasteiger partial charge in [0.2, 0.25) is 0 Å². The van der Waals surface area contributed by atoms with Crippen LogP contribution in [-0.4, -0.2) is 10.9 Å². The topological polar surface area (TPSA) is 68.0 Å². The second kappa shape index (κ2) is 5.31. The maximum absolute atomic E-state index is 12.8. The van der Waals surface area contributed by atoms with Crippen molar-refractivity contribution in [3.8, 4) is 0 Å². The molecule has 3 rings (SSSR count). The van der Waals surface area contributed by atoms with E-state index in [-0.39, 0.29) is 5.91 Å². The first-order chi connectivity index (χ1) is 10.0. The number of nitrogens with one attached hydrogen (secondary N) is 1. The molecule has 4 nitrogen and oxygen atoms in total. The van der Waals surface area contributed by atoms with Crippen molar-refractivity contribution in [2.75, 3.05) is 11.1 Å². The Morgan fingerprint density at radius 1 is 1.29 bits per heavy atom. The van der Waals surface area contributed by atoms with Gasteiger partial charge < -0.3 is 11.1 Å². The average Bonchev–Trinajstić information content (AvgIpc) is 2.80. The Hall–Kier alpha value is -2.18. The standard InChI is InChI=1S/C14H9ClFN3OS/c15-10-5-9(6-11-12(10)19-14(17)21-11)18-13(20)7-1-3-8(16)4-2-7/h1-6H,(H2,17,19)(H,18,20). The third-order valence-electron chi connectivity index (χ3n) is 2.83. The van der Waals surface area contributed by atoms with Gasteiger partial charge in [-0.05, 0) is 36.4 Å². The molecule has 0 fully saturated rings. The van der Waals surface area contributed by atoms with E-state index in [4.69, 9.17) is 17.3 Å². The number of halogens is 2. The van der Waals surface area contributed by atoms with Crippen molar-refractivity contribution in [2.45, 2.75) is 0 Å². The summed E-state index contributed by atoms with van der Waals surface area (Å²) in [6.45, 7) is 0. The summed E-state index contributed by atoms with van der Waals surface area (Å²) in [6.07, 6.45) is 0. The number of nitrogens with two attached hydrogens (primary N) is 1. The first-order valence-corrected chi connectivity index (χ1v) is 7.15. The number of nitrogen functional groups attached to an aromatic ring is 1. The first kappa shape index (κ1) is 13.8. The van der Waals surface area contributed by atoms with Crippen molar-refractivity contribution in [2.24, 2.45) is 0 Å². The molecule has 7 heteroatoms. The normalized spacial score (nSPS) is 10.8. The first-order valence-electron chi connectivity index (χ1n) is 5.95. The molecule has 0 spiro atoms. The monoisotopic (exact) mass is 321 g/mol. The molecule has 0 saturated carbocycles. The molecule has 1 amide bonds. The SMILES string of the molecule is Nc1nc2c(Cl)cc(NC(=O)c3ccc(F)cc3)cc2s1. The Kier molecular flexibility index (Phi) is 3.48. The zero-order chi connectivity index (χ0) is 15.0. The molecule has 2 aromatic carbocycles. The average molecular weight is 322 g/mol. The summed E-state index contributed by atoms with van der Waals surface area (Å²) in [5, 5.41) is 3.54. The van der Waals surface area contributed by atoms with Crippen molar-refractivity contribution < 1.29 is 9.18 Å². The van der Waals surface area contributed by atoms with Gasteiger partial charge in [-0.15, -0.1) is 0 Å². The number of anilines is 2. The predicted octanol–water partition coefficient (Wildman–Crippen LogP) is 3.92. The highest BCUT2D eigenvalue weighted by atomic mass is 35.5. The maximum atomic E-state index is 12.8. The van der Waals surface area contributed by atoms with Crippen LogP contribution in [0.4, 0.5) is 15.2 Å². The van der Waals surface area contributed by atoms with Crippen molar-refractivity contribution in [1.29, 1.82) is 0 Å². The number of amides is 1. The van der Waals surface area contributed by atoms with E-state index in [1.165, 1.54) is 35.6 Å². The number of rotatable bonds is 2. The number of aromatic nitrogens is 1. The summed E-state index contributed by atoms with van der Waals surface area (Å²) in [4.78, 5) is 16.2. The van der Waals surface area contributed by atoms with Gasteiger partial charge in [0, 0.05) is 11.3 Å². The number of hydrogen-bond donors (Lipinski definition) is 2. The highest BCUT2D eigenvalue weighted by Gasteiger charge is 2.11. The van der Waals surface area contributed by atoms with E-state index in [0.29, 0.717) is 26.9 Å². The predicted molar refractivity (Wildman–Crippen MR) is 83.4 cm³/mol. The summed E-state index contributed by atoms with van der Waals surface area (Å²) in [5.41, 5.74) is 7.14. The van der Waals surface area contributed by atoms with Gasteiger partial charge in [-0.1, -0.05) is 22.9 Å². The number of fused-ring (bicyclic) bond motifs is 1. The number of thiazole rings is 1. The summed E-state index contributed by atoms with van der Waals surface area (Å²) in [6, 6.07) is 8.63. The van der Waals surface area contributed by atoms with Gasteiger partial charge in [0.15, 0.2) is 5.13 Å². The van der Waals surface area contributed by atoms with Gasteiger partial charge in [-0.2, -0.15) is 0 Å². The van der Waals surface area contributed by atoms with E-state index < -0.39 is 5.82 Å². The molecular weight excluding hydrogens is 313 g/mol. The highest BCUT2D eigenvalue weighted by molar-refractivity contribution is 7.22. The van der Waals surface area contributed by atoms with Gasteiger partial charge in [0.1, 0.15) is 11.3 Å². The van der Waals surface area contributed by atoms with Crippen LogP contribution >= 0.6 is 22.9 Å². The van der Waals surface area contributed by atoms with Crippen LogP contribution in [0.1, 0.15) is 10.4 Å². The molecule has 3 N–H and O–H groups in total. The van der Waals surface area contributed by atoms with Crippen molar-refractivity contribution in [1.82, 2.24) is 4.98 Å². The van der Waals surface area contributed by atoms with Crippen LogP contribution in [0.15, 0.2) is 36.4 Å². The van der Waals surface area contributed by atoms with Gasteiger partial charge >= 0.3 is 0 Å². The van der Waals surface area contributed by atoms with Crippen LogP contribution in [0.25, 0.3) is 10.2 Å². The lowest BCUT2D eigenvalue weighted by atomic mass is 10.2. The number of benzene rings is 2. The Balaban J connectivity index is 1.90. The molecule has 1 heterocycles. The van der Waals surface area contributed by atoms with E-state index in [9.17, 15) is 9.18 Å². The highest BCUT2D eigenvalue weighted by Crippen LogP contribution is 2.32. The van der Waals surface area contributed by atoms with Crippen molar-refractivity contribution in [3.05, 3.63) is 52.8 Å². The van der Waals surface area contributed by atoms with Gasteiger partial charge in [-0.25, -0.2) is 9.37 Å². The van der Waals surface area contributed by atoms with Gasteiger partial charge in [0.05, 0.1) is 9.72 Å². The molecule has 106 valence electrons. The maximum Gasteiger partial charge on any atom is 0.255 e. The molecule has 0 bridgehead atoms. The lowest BCUT2D eigenvalue weighted by Crippen LogP contribution is -2.11. The molecule has 0 radical (unpaired) electrons. The molecule has 21 heavy (non-hydrogen) atoms. The minimum absolute atomic E-state index is 0.345. The third kappa shape index (κ3) is 2.81. The van der Waals surface area contributed by atoms with Crippen LogP contribution in [-0.2, 0) is 0 Å². The number of carbonyl (C=O) groups is 1. The van der Waals surface area contributed by atoms with E-state index in [1.807, 2.05) is 0 Å². The Morgan fingerprint density at radius 3 is 2.71 bits per heavy atom. The van der Waals surface area contributed by atoms with Crippen molar-refractivity contribution >= 4 is 49.9 Å². The molecule has 0 aliphatic rings. The minimum atomic E-state index is -0.392. The molecular formula is C14H9ClFN3OS. The Labute approximate surface area is 128 Å². The number of nitrogens with zero attached hydrogens (tertiary/aromatic N) is 1. The Morgan fingerprint density at radius 2 is 2.00 bits per heavy atom. The van der Waals surface area contributed by atoms with E-state index in [0.717, 1.165) is 4.70 Å². The van der Waals surface area contributed by atoms with Crippen LogP contribution in [0.5, 0.6) is 0 Å². The number of hydrogen-bond acceptors (Lipinski definition) is 4. The molecule has 1 aromatic heterocycles. The lowest BCUT2D eigenvalue weighted by molar-refractivity contribution is 0.102. The van der Waals surface area contributed by atoms with Crippen LogP contribution in [0.3, 0.4) is 0 Å². The summed E-state index contributed by atoms with van der Waals surface area (Å²) >= 11 is 7.40. The van der Waals surface area contributed by atoms with Crippen molar-refractivity contribution in [3.63, 3.8) is 0 Å². The van der Waals surface area contributed by atoms with Crippen LogP contribution in [0, 0.1) is 5.82 Å². The zero-order valence-electron chi connectivity index (χ0n) is 10.6. The molecule has 0 aliphatic carbocycles. The molecule has 0 unspecified atom stereocenters. The fourth-order valence-corrected chi connectivity index (χ4v) is 3.00. The fraction of sp³-hybridized carbons (Fsp3) is 0. The second-order valence-electron chi connectivity index (χ2n) is 4.32. The smallest absolute Gasteiger partial charge is 0.255 e. The zero-order valence-corrected chi connectivity index (χ0v) is 12.1. The molecule has 0 saturated heterocycles. The molecule has 3 aromatic rings. The summed E-state index contributed by atoms with van der Waals surface area (Å²) in [7, 11) is 0. The number of carbonyl (C=O) groups excluding carboxylic acids is 1.